The molecule has 0 saturated carbocycles. The molecule has 5 heteroatoms. The number of aryl methyl sites for hydroxylation is 1. The number of carbonyl (C=O) groups excluding carboxylic acids is 1. The van der Waals surface area contributed by atoms with E-state index < -0.39 is 0 Å². The lowest BCUT2D eigenvalue weighted by molar-refractivity contribution is -0.121. The second kappa shape index (κ2) is 8.36. The summed E-state index contributed by atoms with van der Waals surface area (Å²) in [5, 5.41) is 3.15. The van der Waals surface area contributed by atoms with Crippen molar-refractivity contribution in [3.63, 3.8) is 0 Å². The summed E-state index contributed by atoms with van der Waals surface area (Å²) in [4.78, 5) is 19.3. The molecule has 0 spiro atoms. The van der Waals surface area contributed by atoms with Crippen molar-refractivity contribution in [2.24, 2.45) is 0 Å². The van der Waals surface area contributed by atoms with Gasteiger partial charge in [-0.25, -0.2) is 4.98 Å². The molecule has 3 aromatic carbocycles. The van der Waals surface area contributed by atoms with Crippen LogP contribution < -0.4 is 9.64 Å². The monoisotopic (exact) mass is 426 g/mol. The first-order valence-corrected chi connectivity index (χ1v) is 11.2. The summed E-state index contributed by atoms with van der Waals surface area (Å²) in [5.74, 6) is 0.698. The van der Waals surface area contributed by atoms with E-state index in [1.807, 2.05) is 41.3 Å². The number of anilines is 1. The molecule has 154 valence electrons. The Bertz CT molecular complexity index is 1220. The van der Waals surface area contributed by atoms with E-state index in [0.717, 1.165) is 39.7 Å². The minimum atomic E-state index is -0.0340. The molecule has 1 aromatic heterocycles. The van der Waals surface area contributed by atoms with Gasteiger partial charge in [-0.1, -0.05) is 60.2 Å². The fraction of sp³-hybridized carbons (Fsp3) is 0.154. The van der Waals surface area contributed by atoms with Crippen LogP contribution in [0.1, 0.15) is 21.7 Å². The maximum absolute atomic E-state index is 12.7. The molecule has 0 fully saturated rings. The first-order chi connectivity index (χ1) is 15.2. The van der Waals surface area contributed by atoms with Crippen LogP contribution in [0.25, 0.3) is 11.3 Å². The van der Waals surface area contributed by atoms with Gasteiger partial charge in [0.25, 0.3) is 5.91 Å². The second-order valence-electron chi connectivity index (χ2n) is 7.73. The number of rotatable bonds is 5. The minimum absolute atomic E-state index is 0.0340. The summed E-state index contributed by atoms with van der Waals surface area (Å²) in [6.07, 6.45) is 0.817. The van der Waals surface area contributed by atoms with Crippen LogP contribution in [0.5, 0.6) is 5.75 Å². The maximum atomic E-state index is 12.7. The summed E-state index contributed by atoms with van der Waals surface area (Å²) in [5.41, 5.74) is 6.25. The van der Waals surface area contributed by atoms with Gasteiger partial charge in [-0.05, 0) is 36.2 Å². The number of carbonyl (C=O) groups is 1. The highest BCUT2D eigenvalue weighted by molar-refractivity contribution is 7.10. The van der Waals surface area contributed by atoms with Gasteiger partial charge in [0, 0.05) is 17.4 Å². The molecule has 1 amide bonds. The predicted octanol–water partition coefficient (Wildman–Crippen LogP) is 5.63. The van der Waals surface area contributed by atoms with Crippen LogP contribution in [0.4, 0.5) is 5.69 Å². The number of thiazole rings is 1. The van der Waals surface area contributed by atoms with Crippen molar-refractivity contribution < 1.29 is 9.53 Å². The number of benzene rings is 3. The van der Waals surface area contributed by atoms with E-state index >= 15 is 0 Å². The van der Waals surface area contributed by atoms with Crippen molar-refractivity contribution in [2.45, 2.75) is 19.9 Å². The average molecular weight is 427 g/mol. The second-order valence-corrected chi connectivity index (χ2v) is 8.67. The molecule has 31 heavy (non-hydrogen) atoms. The van der Waals surface area contributed by atoms with Crippen LogP contribution in [0.3, 0.4) is 0 Å². The fourth-order valence-electron chi connectivity index (χ4n) is 3.71. The van der Waals surface area contributed by atoms with E-state index in [2.05, 4.69) is 48.7 Å². The quantitative estimate of drug-likeness (QED) is 0.415. The third-order valence-corrected chi connectivity index (χ3v) is 6.26. The molecular formula is C26H22N2O2S. The third-order valence-electron chi connectivity index (χ3n) is 5.41. The largest absolute Gasteiger partial charge is 0.482 e. The average Bonchev–Trinajstić information content (AvgIpc) is 3.26. The van der Waals surface area contributed by atoms with E-state index in [9.17, 15) is 4.79 Å². The van der Waals surface area contributed by atoms with Crippen LogP contribution in [-0.2, 0) is 17.8 Å². The number of amides is 1. The zero-order valence-corrected chi connectivity index (χ0v) is 18.1. The summed E-state index contributed by atoms with van der Waals surface area (Å²) in [6, 6.07) is 24.6. The molecule has 0 bridgehead atoms. The molecular weight excluding hydrogens is 404 g/mol. The lowest BCUT2D eigenvalue weighted by Gasteiger charge is -2.30. The van der Waals surface area contributed by atoms with Crippen molar-refractivity contribution >= 4 is 22.9 Å². The molecule has 4 nitrogen and oxygen atoms in total. The topological polar surface area (TPSA) is 42.4 Å². The van der Waals surface area contributed by atoms with Crippen molar-refractivity contribution in [2.75, 3.05) is 11.5 Å². The number of hydrogen-bond acceptors (Lipinski definition) is 4. The van der Waals surface area contributed by atoms with Crippen LogP contribution in [0, 0.1) is 6.92 Å². The van der Waals surface area contributed by atoms with Gasteiger partial charge < -0.3 is 9.64 Å². The normalized spacial score (nSPS) is 13.1. The lowest BCUT2D eigenvalue weighted by atomic mass is 10.1. The number of fused-ring (bicyclic) bond motifs is 1. The molecule has 5 rings (SSSR count). The summed E-state index contributed by atoms with van der Waals surface area (Å²) >= 11 is 1.66. The summed E-state index contributed by atoms with van der Waals surface area (Å²) in [6.45, 7) is 2.65. The molecule has 2 heterocycles. The van der Waals surface area contributed by atoms with Gasteiger partial charge in [0.05, 0.1) is 22.9 Å². The highest BCUT2D eigenvalue weighted by Gasteiger charge is 2.26. The lowest BCUT2D eigenvalue weighted by Crippen LogP contribution is -2.38. The zero-order chi connectivity index (χ0) is 21.2. The molecule has 1 aliphatic heterocycles. The number of nitrogens with zero attached hydrogens (tertiary/aromatic N) is 2. The Morgan fingerprint density at radius 2 is 1.81 bits per heavy atom. The van der Waals surface area contributed by atoms with Gasteiger partial charge in [0.15, 0.2) is 6.61 Å². The third kappa shape index (κ3) is 4.23. The minimum Gasteiger partial charge on any atom is -0.482 e. The molecule has 0 N–H and O–H groups in total. The van der Waals surface area contributed by atoms with Crippen LogP contribution in [0.15, 0.2) is 78.2 Å². The van der Waals surface area contributed by atoms with Gasteiger partial charge in [-0.3, -0.25) is 4.79 Å². The van der Waals surface area contributed by atoms with Gasteiger partial charge in [0.2, 0.25) is 0 Å². The van der Waals surface area contributed by atoms with Crippen LogP contribution >= 0.6 is 11.3 Å². The van der Waals surface area contributed by atoms with Gasteiger partial charge in [0.1, 0.15) is 5.75 Å². The maximum Gasteiger partial charge on any atom is 0.265 e. The van der Waals surface area contributed by atoms with E-state index in [0.29, 0.717) is 6.54 Å². The molecule has 1 aliphatic rings. The Hall–Kier alpha value is -3.44. The number of aromatic nitrogens is 1. The van der Waals surface area contributed by atoms with E-state index in [-0.39, 0.29) is 12.5 Å². The van der Waals surface area contributed by atoms with Crippen LogP contribution in [-0.4, -0.2) is 17.5 Å². The Kier molecular flexibility index (Phi) is 5.26. The molecule has 0 unspecified atom stereocenters. The molecule has 0 radical (unpaired) electrons. The Morgan fingerprint density at radius 3 is 2.61 bits per heavy atom. The van der Waals surface area contributed by atoms with Crippen molar-refractivity contribution in [1.82, 2.24) is 4.98 Å². The van der Waals surface area contributed by atoms with Crippen LogP contribution in [0.2, 0.25) is 0 Å². The predicted molar refractivity (Wildman–Crippen MR) is 125 cm³/mol. The smallest absolute Gasteiger partial charge is 0.265 e. The van der Waals surface area contributed by atoms with Crippen molar-refractivity contribution in [3.8, 4) is 17.0 Å². The fourth-order valence-corrected chi connectivity index (χ4v) is 4.54. The van der Waals surface area contributed by atoms with Gasteiger partial charge in [-0.15, -0.1) is 11.3 Å². The molecule has 4 aromatic rings. The Morgan fingerprint density at radius 1 is 1.00 bits per heavy atom. The van der Waals surface area contributed by atoms with Crippen molar-refractivity contribution in [1.29, 1.82) is 0 Å². The SMILES string of the molecule is Cc1ccc(CN2C(=O)COc3ccc(-c4csc(Cc5ccccc5)n4)cc32)cc1. The molecule has 0 saturated heterocycles. The van der Waals surface area contributed by atoms with Gasteiger partial charge >= 0.3 is 0 Å². The zero-order valence-electron chi connectivity index (χ0n) is 17.2. The molecule has 0 atom stereocenters. The first kappa shape index (κ1) is 19.5. The number of hydrogen-bond donors (Lipinski definition) is 0. The van der Waals surface area contributed by atoms with Gasteiger partial charge in [-0.2, -0.15) is 0 Å². The van der Waals surface area contributed by atoms with E-state index in [4.69, 9.17) is 9.72 Å². The first-order valence-electron chi connectivity index (χ1n) is 10.3. The summed E-state index contributed by atoms with van der Waals surface area (Å²) < 4.78 is 5.69. The Labute approximate surface area is 185 Å². The summed E-state index contributed by atoms with van der Waals surface area (Å²) in [7, 11) is 0. The number of ether oxygens (including phenoxy) is 1. The van der Waals surface area contributed by atoms with E-state index in [1.165, 1.54) is 11.1 Å². The van der Waals surface area contributed by atoms with E-state index in [1.54, 1.807) is 11.3 Å². The standard InChI is InChI=1S/C26H22N2O2S/c1-18-7-9-20(10-8-18)15-28-23-14-21(11-12-24(23)30-16-26(28)29)22-17-31-25(27-22)13-19-5-3-2-4-6-19/h2-12,14,17H,13,15-16H2,1H3. The highest BCUT2D eigenvalue weighted by atomic mass is 32.1. The highest BCUT2D eigenvalue weighted by Crippen LogP contribution is 2.37. The Balaban J connectivity index is 1.43. The van der Waals surface area contributed by atoms with Crippen molar-refractivity contribution in [3.05, 3.63) is 99.9 Å². The molecule has 0 aliphatic carbocycles.